The predicted octanol–water partition coefficient (Wildman–Crippen LogP) is 3.74. The summed E-state index contributed by atoms with van der Waals surface area (Å²) in [6, 6.07) is 2.42. The zero-order chi connectivity index (χ0) is 13.8. The molecular weight excluding hydrogens is 282 g/mol. The van der Waals surface area contributed by atoms with Crippen LogP contribution in [0.2, 0.25) is 5.28 Å². The van der Waals surface area contributed by atoms with Crippen molar-refractivity contribution in [2.75, 3.05) is 19.0 Å². The molecule has 0 amide bonds. The third kappa shape index (κ3) is 3.55. The maximum atomic E-state index is 5.98. The van der Waals surface area contributed by atoms with Crippen LogP contribution in [-0.2, 0) is 11.2 Å². The third-order valence-corrected chi connectivity index (χ3v) is 4.25. The summed E-state index contributed by atoms with van der Waals surface area (Å²) in [5.41, 5.74) is 0. The van der Waals surface area contributed by atoms with Crippen molar-refractivity contribution in [3.63, 3.8) is 0 Å². The van der Waals surface area contributed by atoms with Crippen molar-refractivity contribution in [3.8, 4) is 0 Å². The molecule has 0 spiro atoms. The van der Waals surface area contributed by atoms with Gasteiger partial charge in [-0.3, -0.25) is 0 Å². The number of rotatable bonds is 6. The Morgan fingerprint density at radius 3 is 2.95 bits per heavy atom. The van der Waals surface area contributed by atoms with Gasteiger partial charge in [0.25, 0.3) is 0 Å². The van der Waals surface area contributed by atoms with E-state index in [1.54, 1.807) is 18.4 Å². The molecule has 2 aromatic heterocycles. The largest absolute Gasteiger partial charge is 0.385 e. The van der Waals surface area contributed by atoms with Crippen molar-refractivity contribution in [2.24, 2.45) is 0 Å². The van der Waals surface area contributed by atoms with E-state index in [1.165, 1.54) is 4.88 Å². The SMILES string of the molecule is CCc1cc2c(NC(C)CCOC)nc(Cl)nc2s1. The highest BCUT2D eigenvalue weighted by molar-refractivity contribution is 7.18. The molecular formula is C13H18ClN3OS. The van der Waals surface area contributed by atoms with Crippen LogP contribution in [0.25, 0.3) is 10.2 Å². The first-order chi connectivity index (χ1) is 9.13. The number of anilines is 1. The van der Waals surface area contributed by atoms with E-state index in [-0.39, 0.29) is 6.04 Å². The van der Waals surface area contributed by atoms with Gasteiger partial charge in [0.15, 0.2) is 0 Å². The summed E-state index contributed by atoms with van der Waals surface area (Å²) >= 11 is 7.65. The molecule has 0 saturated carbocycles. The summed E-state index contributed by atoms with van der Waals surface area (Å²) < 4.78 is 5.09. The number of aryl methyl sites for hydroxylation is 1. The first kappa shape index (κ1) is 14.5. The summed E-state index contributed by atoms with van der Waals surface area (Å²) in [7, 11) is 1.71. The minimum atomic E-state index is 0.277. The molecule has 0 radical (unpaired) electrons. The minimum absolute atomic E-state index is 0.277. The number of methoxy groups -OCH3 is 1. The molecule has 19 heavy (non-hydrogen) atoms. The van der Waals surface area contributed by atoms with Gasteiger partial charge in [0.05, 0.1) is 5.39 Å². The van der Waals surface area contributed by atoms with E-state index in [2.05, 4.69) is 35.2 Å². The molecule has 0 bridgehead atoms. The van der Waals surface area contributed by atoms with Gasteiger partial charge in [0.2, 0.25) is 5.28 Å². The van der Waals surface area contributed by atoms with Gasteiger partial charge in [0.1, 0.15) is 10.6 Å². The lowest BCUT2D eigenvalue weighted by atomic mass is 10.2. The van der Waals surface area contributed by atoms with Crippen LogP contribution in [0.3, 0.4) is 0 Å². The Bertz CT molecular complexity index is 558. The highest BCUT2D eigenvalue weighted by Crippen LogP contribution is 2.30. The van der Waals surface area contributed by atoms with Crippen LogP contribution in [0.4, 0.5) is 5.82 Å². The van der Waals surface area contributed by atoms with E-state index < -0.39 is 0 Å². The van der Waals surface area contributed by atoms with Gasteiger partial charge in [-0.15, -0.1) is 11.3 Å². The van der Waals surface area contributed by atoms with E-state index in [1.807, 2.05) is 0 Å². The predicted molar refractivity (Wildman–Crippen MR) is 81.4 cm³/mol. The number of halogens is 1. The Kier molecular flexibility index (Phi) is 4.96. The normalized spacial score (nSPS) is 12.8. The van der Waals surface area contributed by atoms with Crippen LogP contribution in [0.5, 0.6) is 0 Å². The van der Waals surface area contributed by atoms with Crippen molar-refractivity contribution in [2.45, 2.75) is 32.7 Å². The van der Waals surface area contributed by atoms with Gasteiger partial charge < -0.3 is 10.1 Å². The molecule has 2 rings (SSSR count). The van der Waals surface area contributed by atoms with Crippen LogP contribution in [0.1, 0.15) is 25.1 Å². The lowest BCUT2D eigenvalue weighted by Crippen LogP contribution is -2.18. The molecule has 1 N–H and O–H groups in total. The first-order valence-corrected chi connectivity index (χ1v) is 7.55. The van der Waals surface area contributed by atoms with Gasteiger partial charge in [-0.2, -0.15) is 0 Å². The van der Waals surface area contributed by atoms with Gasteiger partial charge in [0, 0.05) is 24.6 Å². The summed E-state index contributed by atoms with van der Waals surface area (Å²) in [5.74, 6) is 0.814. The summed E-state index contributed by atoms with van der Waals surface area (Å²) in [6.45, 7) is 4.96. The molecule has 0 fully saturated rings. The van der Waals surface area contributed by atoms with Crippen molar-refractivity contribution < 1.29 is 4.74 Å². The summed E-state index contributed by atoms with van der Waals surface area (Å²) in [5, 5.41) is 4.73. The van der Waals surface area contributed by atoms with E-state index in [0.29, 0.717) is 5.28 Å². The second-order valence-electron chi connectivity index (χ2n) is 4.45. The van der Waals surface area contributed by atoms with Crippen molar-refractivity contribution in [1.82, 2.24) is 9.97 Å². The quantitative estimate of drug-likeness (QED) is 0.825. The Morgan fingerprint density at radius 2 is 2.26 bits per heavy atom. The molecule has 2 aromatic rings. The van der Waals surface area contributed by atoms with E-state index in [0.717, 1.165) is 35.5 Å². The van der Waals surface area contributed by atoms with Crippen LogP contribution < -0.4 is 5.32 Å². The smallest absolute Gasteiger partial charge is 0.225 e. The molecule has 104 valence electrons. The number of hydrogen-bond donors (Lipinski definition) is 1. The third-order valence-electron chi connectivity index (χ3n) is 2.90. The molecule has 0 aromatic carbocycles. The maximum absolute atomic E-state index is 5.98. The summed E-state index contributed by atoms with van der Waals surface area (Å²) in [4.78, 5) is 10.8. The van der Waals surface area contributed by atoms with Crippen LogP contribution in [0, 0.1) is 0 Å². The maximum Gasteiger partial charge on any atom is 0.225 e. The molecule has 0 saturated heterocycles. The standard InChI is InChI=1S/C13H18ClN3OS/c1-4-9-7-10-11(15-8(2)5-6-18-3)16-13(14)17-12(10)19-9/h7-8H,4-6H2,1-3H3,(H,15,16,17). The fourth-order valence-electron chi connectivity index (χ4n) is 1.83. The summed E-state index contributed by atoms with van der Waals surface area (Å²) in [6.07, 6.45) is 1.92. The highest BCUT2D eigenvalue weighted by Gasteiger charge is 2.12. The van der Waals surface area contributed by atoms with Gasteiger partial charge in [-0.05, 0) is 37.4 Å². The van der Waals surface area contributed by atoms with E-state index in [4.69, 9.17) is 16.3 Å². The fraction of sp³-hybridized carbons (Fsp3) is 0.538. The minimum Gasteiger partial charge on any atom is -0.385 e. The topological polar surface area (TPSA) is 47.0 Å². The second kappa shape index (κ2) is 6.50. The Balaban J connectivity index is 2.28. The molecule has 1 unspecified atom stereocenters. The first-order valence-electron chi connectivity index (χ1n) is 6.35. The zero-order valence-corrected chi connectivity index (χ0v) is 12.9. The lowest BCUT2D eigenvalue weighted by Gasteiger charge is -2.14. The molecule has 0 aliphatic rings. The Hall–Kier alpha value is -0.910. The number of aromatic nitrogens is 2. The monoisotopic (exact) mass is 299 g/mol. The van der Waals surface area contributed by atoms with Crippen LogP contribution >= 0.6 is 22.9 Å². The van der Waals surface area contributed by atoms with Gasteiger partial charge in [-0.25, -0.2) is 9.97 Å². The van der Waals surface area contributed by atoms with Gasteiger partial charge >= 0.3 is 0 Å². The van der Waals surface area contributed by atoms with E-state index in [9.17, 15) is 0 Å². The number of hydrogen-bond acceptors (Lipinski definition) is 5. The molecule has 4 nitrogen and oxygen atoms in total. The number of fused-ring (bicyclic) bond motifs is 1. The molecule has 2 heterocycles. The Morgan fingerprint density at radius 1 is 1.47 bits per heavy atom. The molecule has 0 aliphatic heterocycles. The lowest BCUT2D eigenvalue weighted by molar-refractivity contribution is 0.191. The fourth-order valence-corrected chi connectivity index (χ4v) is 3.02. The van der Waals surface area contributed by atoms with Crippen molar-refractivity contribution >= 4 is 39.0 Å². The molecule has 0 aliphatic carbocycles. The van der Waals surface area contributed by atoms with Gasteiger partial charge in [-0.1, -0.05) is 6.92 Å². The zero-order valence-electron chi connectivity index (χ0n) is 11.4. The van der Waals surface area contributed by atoms with Crippen molar-refractivity contribution in [3.05, 3.63) is 16.2 Å². The number of ether oxygens (including phenoxy) is 1. The highest BCUT2D eigenvalue weighted by atomic mass is 35.5. The van der Waals surface area contributed by atoms with E-state index >= 15 is 0 Å². The van der Waals surface area contributed by atoms with Crippen LogP contribution in [0.15, 0.2) is 6.07 Å². The Labute approximate surface area is 122 Å². The number of nitrogens with one attached hydrogen (secondary N) is 1. The number of nitrogens with zero attached hydrogens (tertiary/aromatic N) is 2. The average molecular weight is 300 g/mol. The average Bonchev–Trinajstić information content (AvgIpc) is 2.79. The molecule has 6 heteroatoms. The second-order valence-corrected chi connectivity index (χ2v) is 5.91. The van der Waals surface area contributed by atoms with Crippen LogP contribution in [-0.4, -0.2) is 29.7 Å². The van der Waals surface area contributed by atoms with Crippen molar-refractivity contribution in [1.29, 1.82) is 0 Å². The number of thiophene rings is 1. The molecule has 1 atom stereocenters.